The van der Waals surface area contributed by atoms with Crippen LogP contribution in [0.2, 0.25) is 0 Å². The fraction of sp³-hybridized carbons (Fsp3) is 0.588. The van der Waals surface area contributed by atoms with Gasteiger partial charge in [-0.25, -0.2) is 9.97 Å². The van der Waals surface area contributed by atoms with Gasteiger partial charge in [0.05, 0.1) is 34.2 Å². The molecule has 0 spiro atoms. The number of nitrogens with one attached hydrogen (secondary N) is 2. The van der Waals surface area contributed by atoms with Gasteiger partial charge in [-0.05, 0) is 111 Å². The molecule has 6 rings (SSSR count). The maximum absolute atomic E-state index is 5.04. The zero-order valence-electron chi connectivity index (χ0n) is 25.5. The van der Waals surface area contributed by atoms with Gasteiger partial charge in [0.15, 0.2) is 0 Å². The Morgan fingerprint density at radius 1 is 0.675 bits per heavy atom. The third kappa shape index (κ3) is 5.99. The van der Waals surface area contributed by atoms with E-state index < -0.39 is 0 Å². The minimum atomic E-state index is 0.356. The predicted molar refractivity (Wildman–Crippen MR) is 166 cm³/mol. The fourth-order valence-electron chi connectivity index (χ4n) is 6.50. The molecule has 2 N–H and O–H groups in total. The van der Waals surface area contributed by atoms with Crippen molar-refractivity contribution in [2.75, 3.05) is 26.2 Å². The minimum Gasteiger partial charge on any atom is -0.341 e. The third-order valence-electron chi connectivity index (χ3n) is 8.99. The molecular formula is C34H48N6. The summed E-state index contributed by atoms with van der Waals surface area (Å²) in [5.74, 6) is 2.25. The van der Waals surface area contributed by atoms with Crippen LogP contribution in [0.25, 0.3) is 33.2 Å². The van der Waals surface area contributed by atoms with E-state index >= 15 is 0 Å². The highest BCUT2D eigenvalue weighted by molar-refractivity contribution is 5.86. The number of imidazole rings is 2. The van der Waals surface area contributed by atoms with Gasteiger partial charge >= 0.3 is 0 Å². The molecular weight excluding hydrogens is 492 g/mol. The minimum absolute atomic E-state index is 0.356. The van der Waals surface area contributed by atoms with Crippen LogP contribution in [-0.4, -0.2) is 55.9 Å². The Balaban J connectivity index is 1.21. The summed E-state index contributed by atoms with van der Waals surface area (Å²) in [6.07, 6.45) is 7.29. The molecule has 214 valence electrons. The van der Waals surface area contributed by atoms with Gasteiger partial charge in [-0.15, -0.1) is 0 Å². The molecule has 2 saturated heterocycles. The molecule has 0 aliphatic carbocycles. The van der Waals surface area contributed by atoms with Crippen molar-refractivity contribution in [3.05, 3.63) is 48.0 Å². The standard InChI is InChI=1S/C34H48N6/c1-33(2,3)15-19-39-17-7-9-29(39)31-35-25-13-11-23(21-27(25)37-31)24-12-14-26-28(22-24)38-32(36-26)30-10-8-18-40(30)20-16-34(4,5)6/h11-14,21-22,29-30H,7-10,15-20H2,1-6H3,(H,35,37)(H,36,38)/t29-,30-/m0/s1. The molecule has 4 aromatic rings. The lowest BCUT2D eigenvalue weighted by Crippen LogP contribution is -2.27. The average molecular weight is 541 g/mol. The van der Waals surface area contributed by atoms with E-state index in [2.05, 4.69) is 97.7 Å². The number of nitrogens with zero attached hydrogens (tertiary/aromatic N) is 4. The lowest BCUT2D eigenvalue weighted by atomic mass is 9.92. The van der Waals surface area contributed by atoms with Gasteiger partial charge in [0.2, 0.25) is 0 Å². The molecule has 2 fully saturated rings. The van der Waals surface area contributed by atoms with Crippen molar-refractivity contribution in [1.29, 1.82) is 0 Å². The fourth-order valence-corrected chi connectivity index (χ4v) is 6.50. The van der Waals surface area contributed by atoms with Gasteiger partial charge in [0.25, 0.3) is 0 Å². The topological polar surface area (TPSA) is 63.8 Å². The third-order valence-corrected chi connectivity index (χ3v) is 8.99. The van der Waals surface area contributed by atoms with Crippen LogP contribution < -0.4 is 0 Å². The Hall–Kier alpha value is -2.70. The second kappa shape index (κ2) is 10.6. The smallest absolute Gasteiger partial charge is 0.124 e. The van der Waals surface area contributed by atoms with Crippen molar-refractivity contribution < 1.29 is 0 Å². The number of likely N-dealkylation sites (tertiary alicyclic amines) is 2. The van der Waals surface area contributed by atoms with Crippen molar-refractivity contribution in [3.63, 3.8) is 0 Å². The van der Waals surface area contributed by atoms with Crippen molar-refractivity contribution in [3.8, 4) is 11.1 Å². The second-order valence-corrected chi connectivity index (χ2v) is 14.7. The maximum atomic E-state index is 5.04. The Labute approximate surface area is 240 Å². The number of H-pyrrole nitrogens is 2. The van der Waals surface area contributed by atoms with Gasteiger partial charge < -0.3 is 9.97 Å². The molecule has 0 amide bonds. The predicted octanol–water partition coefficient (Wildman–Crippen LogP) is 8.25. The van der Waals surface area contributed by atoms with Crippen molar-refractivity contribution in [2.45, 2.75) is 92.2 Å². The van der Waals surface area contributed by atoms with E-state index in [1.54, 1.807) is 0 Å². The van der Waals surface area contributed by atoms with Crippen LogP contribution in [0.3, 0.4) is 0 Å². The molecule has 2 atom stereocenters. The van der Waals surface area contributed by atoms with Crippen LogP contribution in [0.15, 0.2) is 36.4 Å². The number of hydrogen-bond donors (Lipinski definition) is 2. The van der Waals surface area contributed by atoms with Crippen molar-refractivity contribution in [2.24, 2.45) is 10.8 Å². The number of hydrogen-bond acceptors (Lipinski definition) is 4. The summed E-state index contributed by atoms with van der Waals surface area (Å²) in [4.78, 5) is 22.7. The van der Waals surface area contributed by atoms with Crippen LogP contribution in [0, 0.1) is 10.8 Å². The summed E-state index contributed by atoms with van der Waals surface area (Å²) < 4.78 is 0. The maximum Gasteiger partial charge on any atom is 0.124 e. The van der Waals surface area contributed by atoms with E-state index in [0.29, 0.717) is 22.9 Å². The number of aromatic amines is 2. The first-order valence-corrected chi connectivity index (χ1v) is 15.5. The largest absolute Gasteiger partial charge is 0.341 e. The molecule has 0 radical (unpaired) electrons. The lowest BCUT2D eigenvalue weighted by Gasteiger charge is -2.27. The first-order valence-electron chi connectivity index (χ1n) is 15.5. The second-order valence-electron chi connectivity index (χ2n) is 14.7. The van der Waals surface area contributed by atoms with Crippen LogP contribution in [0.5, 0.6) is 0 Å². The quantitative estimate of drug-likeness (QED) is 0.248. The van der Waals surface area contributed by atoms with Gasteiger partial charge in [-0.3, -0.25) is 9.80 Å². The van der Waals surface area contributed by atoms with Gasteiger partial charge in [0.1, 0.15) is 11.6 Å². The molecule has 0 unspecified atom stereocenters. The number of fused-ring (bicyclic) bond motifs is 2. The number of aromatic nitrogens is 4. The first kappa shape index (κ1) is 27.5. The zero-order chi connectivity index (χ0) is 28.1. The monoisotopic (exact) mass is 540 g/mol. The highest BCUT2D eigenvalue weighted by Crippen LogP contribution is 2.36. The molecule has 2 aliphatic heterocycles. The van der Waals surface area contributed by atoms with E-state index in [0.717, 1.165) is 46.8 Å². The van der Waals surface area contributed by atoms with Gasteiger partial charge in [-0.2, -0.15) is 0 Å². The average Bonchev–Trinajstić information content (AvgIpc) is 3.68. The number of rotatable bonds is 7. The molecule has 40 heavy (non-hydrogen) atoms. The van der Waals surface area contributed by atoms with E-state index in [4.69, 9.17) is 9.97 Å². The summed E-state index contributed by atoms with van der Waals surface area (Å²) >= 11 is 0. The van der Waals surface area contributed by atoms with Gasteiger partial charge in [0, 0.05) is 0 Å². The Morgan fingerprint density at radius 3 is 1.50 bits per heavy atom. The van der Waals surface area contributed by atoms with Gasteiger partial charge in [-0.1, -0.05) is 53.7 Å². The summed E-state index contributed by atoms with van der Waals surface area (Å²) in [5.41, 5.74) is 7.51. The van der Waals surface area contributed by atoms with Crippen LogP contribution >= 0.6 is 0 Å². The summed E-state index contributed by atoms with van der Waals surface area (Å²) in [5, 5.41) is 0. The first-order chi connectivity index (χ1) is 19.0. The summed E-state index contributed by atoms with van der Waals surface area (Å²) in [7, 11) is 0. The molecule has 2 aromatic carbocycles. The summed E-state index contributed by atoms with van der Waals surface area (Å²) in [6.45, 7) is 18.6. The van der Waals surface area contributed by atoms with E-state index in [1.165, 1.54) is 62.7 Å². The van der Waals surface area contributed by atoms with Crippen molar-refractivity contribution in [1.82, 2.24) is 29.7 Å². The Morgan fingerprint density at radius 2 is 1.10 bits per heavy atom. The van der Waals surface area contributed by atoms with Crippen LogP contribution in [-0.2, 0) is 0 Å². The molecule has 6 heteroatoms. The molecule has 2 aromatic heterocycles. The molecule has 2 aliphatic rings. The molecule has 6 nitrogen and oxygen atoms in total. The van der Waals surface area contributed by atoms with Crippen LogP contribution in [0.1, 0.15) is 104 Å². The molecule has 0 saturated carbocycles. The Bertz CT molecular complexity index is 1350. The summed E-state index contributed by atoms with van der Waals surface area (Å²) in [6, 6.07) is 14.1. The van der Waals surface area contributed by atoms with E-state index in [-0.39, 0.29) is 0 Å². The zero-order valence-corrected chi connectivity index (χ0v) is 25.5. The lowest BCUT2D eigenvalue weighted by molar-refractivity contribution is 0.210. The molecule has 0 bridgehead atoms. The van der Waals surface area contributed by atoms with E-state index in [9.17, 15) is 0 Å². The highest BCUT2D eigenvalue weighted by Gasteiger charge is 2.30. The molecule has 4 heterocycles. The van der Waals surface area contributed by atoms with Crippen molar-refractivity contribution >= 4 is 22.1 Å². The Kier molecular flexibility index (Phi) is 7.28. The SMILES string of the molecule is CC(C)(C)CCN1CCC[C@H]1c1nc2ccc(-c3ccc4nc([C@@H]5CCCN5CCC(C)(C)C)[nH]c4c3)cc2[nH]1. The normalized spacial score (nSPS) is 21.4. The van der Waals surface area contributed by atoms with E-state index in [1.807, 2.05) is 0 Å². The van der Waals surface area contributed by atoms with Crippen LogP contribution in [0.4, 0.5) is 0 Å². The number of benzene rings is 2. The highest BCUT2D eigenvalue weighted by atomic mass is 15.2.